The summed E-state index contributed by atoms with van der Waals surface area (Å²) < 4.78 is 11.3. The van der Waals surface area contributed by atoms with E-state index in [2.05, 4.69) is 5.32 Å². The average Bonchev–Trinajstić information content (AvgIpc) is 3.80. The van der Waals surface area contributed by atoms with E-state index in [-0.39, 0.29) is 24.4 Å². The number of carbonyl (C=O) groups is 2. The summed E-state index contributed by atoms with van der Waals surface area (Å²) in [4.78, 5) is 30.7. The number of rotatable bonds is 11. The summed E-state index contributed by atoms with van der Waals surface area (Å²) in [7, 11) is 1.66. The Kier molecular flexibility index (Phi) is 8.92. The third-order valence-corrected chi connectivity index (χ3v) is 7.83. The molecule has 1 N–H and O–H groups in total. The fraction of sp³-hybridized carbons (Fsp3) is 0.375. The second-order valence-corrected chi connectivity index (χ2v) is 10.9. The van der Waals surface area contributed by atoms with Gasteiger partial charge in [-0.3, -0.25) is 14.5 Å². The normalized spacial score (nSPS) is 17.0. The van der Waals surface area contributed by atoms with Gasteiger partial charge in [-0.15, -0.1) is 0 Å². The van der Waals surface area contributed by atoms with Gasteiger partial charge in [0.25, 0.3) is 0 Å². The number of halogens is 1. The van der Waals surface area contributed by atoms with E-state index in [4.69, 9.17) is 21.1 Å². The topological polar surface area (TPSA) is 71.1 Å². The number of nitrogens with one attached hydrogen (secondary N) is 1. The van der Waals surface area contributed by atoms with Gasteiger partial charge in [0, 0.05) is 29.8 Å². The monoisotopic (exact) mass is 561 g/mol. The summed E-state index contributed by atoms with van der Waals surface area (Å²) in [6, 6.07) is 20.9. The Bertz CT molecular complexity index is 1340. The first-order valence-electron chi connectivity index (χ1n) is 13.9. The smallest absolute Gasteiger partial charge is 0.247 e. The van der Waals surface area contributed by atoms with E-state index in [1.165, 1.54) is 0 Å². The Labute approximate surface area is 241 Å². The summed E-state index contributed by atoms with van der Waals surface area (Å²) in [5, 5.41) is 3.81. The van der Waals surface area contributed by atoms with Crippen molar-refractivity contribution in [3.05, 3.63) is 88.4 Å². The number of hydrogen-bond donors (Lipinski definition) is 1. The molecule has 2 fully saturated rings. The van der Waals surface area contributed by atoms with Crippen LogP contribution in [-0.2, 0) is 22.6 Å². The molecule has 3 aromatic rings. The molecule has 7 nitrogen and oxygen atoms in total. The molecule has 2 amide bonds. The fourth-order valence-corrected chi connectivity index (χ4v) is 5.41. The number of carbonyl (C=O) groups excluding carboxylic acids is 2. The minimum atomic E-state index is -0.593. The van der Waals surface area contributed by atoms with Gasteiger partial charge in [0.05, 0.1) is 20.3 Å². The molecule has 1 atom stereocenters. The minimum absolute atomic E-state index is 0.0208. The van der Waals surface area contributed by atoms with E-state index in [1.54, 1.807) is 18.1 Å². The molecule has 1 saturated carbocycles. The van der Waals surface area contributed by atoms with Crippen LogP contribution in [0.15, 0.2) is 66.7 Å². The largest absolute Gasteiger partial charge is 0.496 e. The quantitative estimate of drug-likeness (QED) is 0.327. The molecule has 0 bridgehead atoms. The molecule has 40 heavy (non-hydrogen) atoms. The van der Waals surface area contributed by atoms with Gasteiger partial charge in [-0.25, -0.2) is 0 Å². The third-order valence-electron chi connectivity index (χ3n) is 7.60. The lowest BCUT2D eigenvalue weighted by Gasteiger charge is -2.38. The standard InChI is InChI=1S/C32H36ClN3O4/c1-22-24(7-3-10-30(22)39-2)21-35(26-15-16-26)32(38)29-19-34-20-31(37)36(29)27-13-11-23(12-14-27)6-5-17-40-28-9-4-8-25(33)18-28/h3-4,7-14,18,26,29,34H,5-6,15-17,19-21H2,1-2H3/t29-/m1/s1. The van der Waals surface area contributed by atoms with Crippen LogP contribution in [0.2, 0.25) is 5.02 Å². The predicted molar refractivity (Wildman–Crippen MR) is 157 cm³/mol. The summed E-state index contributed by atoms with van der Waals surface area (Å²) in [5.41, 5.74) is 3.99. The molecule has 1 heterocycles. The number of methoxy groups -OCH3 is 1. The number of anilines is 1. The number of ether oxygens (including phenoxy) is 2. The molecule has 5 rings (SSSR count). The van der Waals surface area contributed by atoms with Crippen LogP contribution >= 0.6 is 11.6 Å². The second kappa shape index (κ2) is 12.7. The van der Waals surface area contributed by atoms with E-state index in [9.17, 15) is 9.59 Å². The maximum absolute atomic E-state index is 14.0. The predicted octanol–water partition coefficient (Wildman–Crippen LogP) is 5.16. The van der Waals surface area contributed by atoms with Crippen molar-refractivity contribution in [1.82, 2.24) is 10.2 Å². The zero-order chi connectivity index (χ0) is 28.1. The highest BCUT2D eigenvalue weighted by atomic mass is 35.5. The first-order valence-corrected chi connectivity index (χ1v) is 14.3. The Balaban J connectivity index is 1.25. The molecule has 0 spiro atoms. The van der Waals surface area contributed by atoms with Crippen LogP contribution in [0, 0.1) is 6.92 Å². The summed E-state index contributed by atoms with van der Waals surface area (Å²) in [5.74, 6) is 1.46. The maximum atomic E-state index is 14.0. The van der Waals surface area contributed by atoms with Crippen molar-refractivity contribution >= 4 is 29.1 Å². The fourth-order valence-electron chi connectivity index (χ4n) is 5.23. The molecular formula is C32H36ClN3O4. The van der Waals surface area contributed by atoms with Gasteiger partial charge in [-0.05, 0) is 85.7 Å². The number of benzene rings is 3. The summed E-state index contributed by atoms with van der Waals surface area (Å²) >= 11 is 6.02. The van der Waals surface area contributed by atoms with Crippen LogP contribution < -0.4 is 19.7 Å². The number of amides is 2. The molecule has 1 aliphatic heterocycles. The molecule has 1 saturated heterocycles. The van der Waals surface area contributed by atoms with Crippen LogP contribution in [-0.4, -0.2) is 55.6 Å². The molecule has 8 heteroatoms. The first-order chi connectivity index (χ1) is 19.4. The minimum Gasteiger partial charge on any atom is -0.496 e. The Hall–Kier alpha value is -3.55. The van der Waals surface area contributed by atoms with E-state index < -0.39 is 6.04 Å². The van der Waals surface area contributed by atoms with Gasteiger partial charge >= 0.3 is 0 Å². The van der Waals surface area contributed by atoms with Crippen LogP contribution in [0.5, 0.6) is 11.5 Å². The van der Waals surface area contributed by atoms with Crippen molar-refractivity contribution in [2.24, 2.45) is 0 Å². The highest BCUT2D eigenvalue weighted by Gasteiger charge is 2.41. The molecule has 210 valence electrons. The third kappa shape index (κ3) is 6.60. The number of hydrogen-bond acceptors (Lipinski definition) is 5. The van der Waals surface area contributed by atoms with Crippen molar-refractivity contribution in [2.75, 3.05) is 31.7 Å². The highest BCUT2D eigenvalue weighted by Crippen LogP contribution is 2.32. The number of piperazine rings is 1. The lowest BCUT2D eigenvalue weighted by molar-refractivity contribution is -0.136. The molecule has 2 aliphatic rings. The van der Waals surface area contributed by atoms with Crippen molar-refractivity contribution in [3.63, 3.8) is 0 Å². The summed E-state index contributed by atoms with van der Waals surface area (Å²) in [6.45, 7) is 3.74. The zero-order valence-electron chi connectivity index (χ0n) is 23.1. The number of aryl methyl sites for hydroxylation is 1. The van der Waals surface area contributed by atoms with Crippen LogP contribution in [0.1, 0.15) is 36.0 Å². The van der Waals surface area contributed by atoms with E-state index in [0.29, 0.717) is 24.7 Å². The van der Waals surface area contributed by atoms with Gasteiger partial charge < -0.3 is 19.7 Å². The highest BCUT2D eigenvalue weighted by molar-refractivity contribution is 6.30. The lowest BCUT2D eigenvalue weighted by Crippen LogP contribution is -2.61. The van der Waals surface area contributed by atoms with Gasteiger partial charge in [-0.2, -0.15) is 0 Å². The number of nitrogens with zero attached hydrogens (tertiary/aromatic N) is 2. The molecular weight excluding hydrogens is 526 g/mol. The van der Waals surface area contributed by atoms with Crippen molar-refractivity contribution in [3.8, 4) is 11.5 Å². The molecule has 1 aliphatic carbocycles. The molecule has 0 radical (unpaired) electrons. The molecule has 3 aromatic carbocycles. The van der Waals surface area contributed by atoms with Gasteiger partial charge in [-0.1, -0.05) is 41.9 Å². The molecule has 0 unspecified atom stereocenters. The van der Waals surface area contributed by atoms with Crippen molar-refractivity contribution in [1.29, 1.82) is 0 Å². The van der Waals surface area contributed by atoms with Gasteiger partial charge in [0.1, 0.15) is 17.5 Å². The second-order valence-electron chi connectivity index (χ2n) is 10.4. The van der Waals surface area contributed by atoms with Crippen LogP contribution in [0.25, 0.3) is 0 Å². The van der Waals surface area contributed by atoms with Gasteiger partial charge in [0.2, 0.25) is 11.8 Å². The van der Waals surface area contributed by atoms with Gasteiger partial charge in [0.15, 0.2) is 0 Å². The van der Waals surface area contributed by atoms with Crippen LogP contribution in [0.3, 0.4) is 0 Å². The molecule has 0 aromatic heterocycles. The van der Waals surface area contributed by atoms with E-state index in [0.717, 1.165) is 59.6 Å². The average molecular weight is 562 g/mol. The first kappa shape index (κ1) is 28.0. The zero-order valence-corrected chi connectivity index (χ0v) is 23.8. The Morgan fingerprint density at radius 1 is 1.10 bits per heavy atom. The van der Waals surface area contributed by atoms with Crippen LogP contribution in [0.4, 0.5) is 5.69 Å². The SMILES string of the molecule is COc1cccc(CN(C(=O)[C@H]2CNCC(=O)N2c2ccc(CCCOc3cccc(Cl)c3)cc2)C2CC2)c1C. The summed E-state index contributed by atoms with van der Waals surface area (Å²) in [6.07, 6.45) is 3.66. The Morgan fingerprint density at radius 3 is 2.60 bits per heavy atom. The lowest BCUT2D eigenvalue weighted by atomic mass is 10.0. The van der Waals surface area contributed by atoms with Crippen molar-refractivity contribution < 1.29 is 19.1 Å². The maximum Gasteiger partial charge on any atom is 0.247 e. The van der Waals surface area contributed by atoms with E-state index in [1.807, 2.05) is 72.5 Å². The Morgan fingerprint density at radius 2 is 1.88 bits per heavy atom. The van der Waals surface area contributed by atoms with Crippen molar-refractivity contribution in [2.45, 2.75) is 51.2 Å². The van der Waals surface area contributed by atoms with E-state index >= 15 is 0 Å².